The summed E-state index contributed by atoms with van der Waals surface area (Å²) in [6, 6.07) is 19.8. The van der Waals surface area contributed by atoms with Gasteiger partial charge in [0.15, 0.2) is 0 Å². The van der Waals surface area contributed by atoms with Gasteiger partial charge in [0.25, 0.3) is 0 Å². The van der Waals surface area contributed by atoms with Gasteiger partial charge < -0.3 is 15.2 Å². The fourth-order valence-corrected chi connectivity index (χ4v) is 4.56. The van der Waals surface area contributed by atoms with Gasteiger partial charge in [0, 0.05) is 18.7 Å². The Morgan fingerprint density at radius 1 is 1.14 bits per heavy atom. The second kappa shape index (κ2) is 8.70. The molecule has 0 amide bonds. The standard InChI is InChI=1S/C22H27ClN2O3/c23-19(13-7-15-26)20-21(24-17-9-3-1-4-10-17)22(14-8-16-27-22)28-25(20)18-11-5-2-6-12-18/h1-6,9-12,19-21,24,26H,7-8,13-16H2/t19?,20-,21+,22?/m1/s1. The third kappa shape index (κ3) is 3.85. The molecule has 0 aliphatic carbocycles. The molecule has 4 atom stereocenters. The zero-order valence-corrected chi connectivity index (χ0v) is 16.6. The minimum atomic E-state index is -0.747. The van der Waals surface area contributed by atoms with Crippen LogP contribution in [0.4, 0.5) is 11.4 Å². The van der Waals surface area contributed by atoms with Crippen LogP contribution in [0.3, 0.4) is 0 Å². The molecule has 2 heterocycles. The van der Waals surface area contributed by atoms with Crippen molar-refractivity contribution in [3.8, 4) is 0 Å². The van der Waals surface area contributed by atoms with Gasteiger partial charge >= 0.3 is 0 Å². The predicted octanol–water partition coefficient (Wildman–Crippen LogP) is 4.17. The van der Waals surface area contributed by atoms with Crippen molar-refractivity contribution < 1.29 is 14.7 Å². The van der Waals surface area contributed by atoms with Crippen LogP contribution in [-0.2, 0) is 9.57 Å². The van der Waals surface area contributed by atoms with Crippen molar-refractivity contribution in [3.05, 3.63) is 60.7 Å². The number of ether oxygens (including phenoxy) is 1. The van der Waals surface area contributed by atoms with Crippen LogP contribution in [0.25, 0.3) is 0 Å². The summed E-state index contributed by atoms with van der Waals surface area (Å²) in [6.45, 7) is 0.798. The largest absolute Gasteiger partial charge is 0.396 e. The molecule has 2 aliphatic heterocycles. The molecule has 2 aromatic carbocycles. The number of halogens is 1. The van der Waals surface area contributed by atoms with Crippen molar-refractivity contribution in [2.24, 2.45) is 0 Å². The number of anilines is 2. The van der Waals surface area contributed by atoms with Crippen LogP contribution in [0.15, 0.2) is 60.7 Å². The molecular weight excluding hydrogens is 376 g/mol. The molecule has 4 rings (SSSR count). The van der Waals surface area contributed by atoms with Gasteiger partial charge in [-0.05, 0) is 43.5 Å². The van der Waals surface area contributed by atoms with Crippen molar-refractivity contribution in [2.75, 3.05) is 23.6 Å². The molecule has 6 heteroatoms. The number of nitrogens with one attached hydrogen (secondary N) is 1. The highest BCUT2D eigenvalue weighted by Crippen LogP contribution is 2.45. The van der Waals surface area contributed by atoms with E-state index in [1.807, 2.05) is 65.7 Å². The van der Waals surface area contributed by atoms with E-state index in [9.17, 15) is 5.11 Å². The molecule has 0 saturated carbocycles. The molecule has 2 fully saturated rings. The smallest absolute Gasteiger partial charge is 0.216 e. The second-order valence-electron chi connectivity index (χ2n) is 7.38. The number of benzene rings is 2. The lowest BCUT2D eigenvalue weighted by Gasteiger charge is -2.32. The molecule has 1 spiro atoms. The summed E-state index contributed by atoms with van der Waals surface area (Å²) in [5.74, 6) is -0.747. The first-order valence-corrected chi connectivity index (χ1v) is 10.4. The third-order valence-electron chi connectivity index (χ3n) is 5.47. The Labute approximate surface area is 171 Å². The van der Waals surface area contributed by atoms with E-state index >= 15 is 0 Å². The maximum absolute atomic E-state index is 9.30. The number of hydrogen-bond acceptors (Lipinski definition) is 5. The van der Waals surface area contributed by atoms with Gasteiger partial charge in [-0.3, -0.25) is 0 Å². The summed E-state index contributed by atoms with van der Waals surface area (Å²) in [6.07, 6.45) is 3.10. The number of rotatable bonds is 7. The van der Waals surface area contributed by atoms with E-state index < -0.39 is 5.79 Å². The van der Waals surface area contributed by atoms with Crippen molar-refractivity contribution in [2.45, 2.75) is 48.9 Å². The molecule has 2 unspecified atom stereocenters. The van der Waals surface area contributed by atoms with E-state index in [4.69, 9.17) is 21.2 Å². The number of hydrogen-bond donors (Lipinski definition) is 2. The second-order valence-corrected chi connectivity index (χ2v) is 7.94. The van der Waals surface area contributed by atoms with Crippen molar-refractivity contribution >= 4 is 23.0 Å². The van der Waals surface area contributed by atoms with Crippen molar-refractivity contribution in [1.82, 2.24) is 0 Å². The summed E-state index contributed by atoms with van der Waals surface area (Å²) >= 11 is 6.90. The first-order valence-electron chi connectivity index (χ1n) is 9.97. The Morgan fingerprint density at radius 2 is 1.86 bits per heavy atom. The van der Waals surface area contributed by atoms with E-state index in [1.165, 1.54) is 0 Å². The molecule has 150 valence electrons. The number of aliphatic hydroxyl groups is 1. The number of nitrogens with zero attached hydrogens (tertiary/aromatic N) is 1. The highest BCUT2D eigenvalue weighted by molar-refractivity contribution is 6.21. The van der Waals surface area contributed by atoms with Gasteiger partial charge in [-0.25, -0.2) is 9.90 Å². The number of aliphatic hydroxyl groups excluding tert-OH is 1. The van der Waals surface area contributed by atoms with Gasteiger partial charge in [-0.1, -0.05) is 36.4 Å². The fraction of sp³-hybridized carbons (Fsp3) is 0.455. The van der Waals surface area contributed by atoms with Gasteiger partial charge in [0.1, 0.15) is 6.04 Å². The highest BCUT2D eigenvalue weighted by atomic mass is 35.5. The Morgan fingerprint density at radius 3 is 2.50 bits per heavy atom. The summed E-state index contributed by atoms with van der Waals surface area (Å²) in [7, 11) is 0. The normalized spacial score (nSPS) is 28.0. The van der Waals surface area contributed by atoms with Crippen LogP contribution in [0.1, 0.15) is 25.7 Å². The lowest BCUT2D eigenvalue weighted by molar-refractivity contribution is -0.190. The lowest BCUT2D eigenvalue weighted by atomic mass is 9.93. The van der Waals surface area contributed by atoms with Crippen LogP contribution in [0.2, 0.25) is 0 Å². The Bertz CT molecular complexity index is 740. The quantitative estimate of drug-likeness (QED) is 0.680. The summed E-state index contributed by atoms with van der Waals surface area (Å²) in [5, 5.41) is 14.7. The average molecular weight is 403 g/mol. The topological polar surface area (TPSA) is 54.0 Å². The number of alkyl halides is 1. The molecule has 0 bridgehead atoms. The maximum Gasteiger partial charge on any atom is 0.216 e. The van der Waals surface area contributed by atoms with E-state index in [1.54, 1.807) is 0 Å². The monoisotopic (exact) mass is 402 g/mol. The van der Waals surface area contributed by atoms with Crippen LogP contribution >= 0.6 is 11.6 Å². The molecule has 28 heavy (non-hydrogen) atoms. The predicted molar refractivity (Wildman–Crippen MR) is 112 cm³/mol. The van der Waals surface area contributed by atoms with Gasteiger partial charge in [0.2, 0.25) is 5.79 Å². The first kappa shape index (κ1) is 19.5. The lowest BCUT2D eigenvalue weighted by Crippen LogP contribution is -2.51. The minimum absolute atomic E-state index is 0.126. The zero-order valence-electron chi connectivity index (χ0n) is 15.8. The van der Waals surface area contributed by atoms with Gasteiger partial charge in [-0.2, -0.15) is 0 Å². The molecule has 5 nitrogen and oxygen atoms in total. The van der Waals surface area contributed by atoms with Crippen LogP contribution in [-0.4, -0.2) is 41.6 Å². The minimum Gasteiger partial charge on any atom is -0.396 e. The average Bonchev–Trinajstić information content (AvgIpc) is 3.33. The van der Waals surface area contributed by atoms with E-state index in [-0.39, 0.29) is 24.1 Å². The zero-order chi connectivity index (χ0) is 19.4. The van der Waals surface area contributed by atoms with Crippen molar-refractivity contribution in [3.63, 3.8) is 0 Å². The van der Waals surface area contributed by atoms with E-state index in [0.29, 0.717) is 19.4 Å². The Kier molecular flexibility index (Phi) is 6.07. The Balaban J connectivity index is 1.70. The third-order valence-corrected chi connectivity index (χ3v) is 5.95. The molecule has 2 saturated heterocycles. The molecule has 2 aliphatic rings. The highest BCUT2D eigenvalue weighted by Gasteiger charge is 2.59. The SMILES string of the molecule is OCCCC(Cl)[C@@H]1[C@H](Nc2ccccc2)C2(CCCO2)ON1c1ccccc1. The van der Waals surface area contributed by atoms with E-state index in [0.717, 1.165) is 24.2 Å². The maximum atomic E-state index is 9.30. The molecule has 2 aromatic rings. The van der Waals surface area contributed by atoms with E-state index in [2.05, 4.69) is 5.32 Å². The van der Waals surface area contributed by atoms with Crippen LogP contribution in [0, 0.1) is 0 Å². The van der Waals surface area contributed by atoms with Crippen LogP contribution < -0.4 is 10.4 Å². The summed E-state index contributed by atoms with van der Waals surface area (Å²) < 4.78 is 6.19. The summed E-state index contributed by atoms with van der Waals surface area (Å²) in [4.78, 5) is 6.50. The number of hydroxylamine groups is 1. The van der Waals surface area contributed by atoms with Gasteiger partial charge in [-0.15, -0.1) is 11.6 Å². The molecule has 0 radical (unpaired) electrons. The fourth-order valence-electron chi connectivity index (χ4n) is 4.15. The molecular formula is C22H27ClN2O3. The van der Waals surface area contributed by atoms with Crippen LogP contribution in [0.5, 0.6) is 0 Å². The van der Waals surface area contributed by atoms with Crippen molar-refractivity contribution in [1.29, 1.82) is 0 Å². The Hall–Kier alpha value is -1.79. The van der Waals surface area contributed by atoms with Gasteiger partial charge in [0.05, 0.1) is 23.7 Å². The number of para-hydroxylation sites is 2. The molecule has 2 N–H and O–H groups in total. The first-order chi connectivity index (χ1) is 13.7. The summed E-state index contributed by atoms with van der Waals surface area (Å²) in [5.41, 5.74) is 1.96. The molecule has 0 aromatic heterocycles.